The number of hydrogen-bond acceptors (Lipinski definition) is 2. The van der Waals surface area contributed by atoms with Crippen LogP contribution in [-0.2, 0) is 0 Å². The summed E-state index contributed by atoms with van der Waals surface area (Å²) in [6.45, 7) is 6.64. The molecule has 0 aromatic heterocycles. The first-order valence-corrected chi connectivity index (χ1v) is 4.90. The number of rotatable bonds is 0. The van der Waals surface area contributed by atoms with Gasteiger partial charge >= 0.3 is 0 Å². The highest BCUT2D eigenvalue weighted by Gasteiger charge is 2.51. The molecule has 0 radical (unpaired) electrons. The van der Waals surface area contributed by atoms with Gasteiger partial charge in [0.25, 0.3) is 0 Å². The second-order valence-corrected chi connectivity index (χ2v) is 5.32. The maximum Gasteiger partial charge on any atom is 0.0603 e. The van der Waals surface area contributed by atoms with Crippen molar-refractivity contribution in [2.75, 3.05) is 0 Å². The Kier molecular flexibility index (Phi) is 1.59. The van der Waals surface area contributed by atoms with Gasteiger partial charge in [-0.1, -0.05) is 0 Å². The minimum absolute atomic E-state index is 0.0833. The lowest BCUT2D eigenvalue weighted by Crippen LogP contribution is -2.69. The third-order valence-electron chi connectivity index (χ3n) is 3.68. The SMILES string of the molecule is CC12CCC(C(O)C1)C(C)(C)N2. The number of hydrogen-bond donors (Lipinski definition) is 2. The molecule has 2 heteroatoms. The molecule has 3 atom stereocenters. The minimum Gasteiger partial charge on any atom is -0.393 e. The summed E-state index contributed by atoms with van der Waals surface area (Å²) in [7, 11) is 0. The molecule has 2 bridgehead atoms. The van der Waals surface area contributed by atoms with E-state index >= 15 is 0 Å². The fraction of sp³-hybridized carbons (Fsp3) is 1.00. The Morgan fingerprint density at radius 1 is 1.33 bits per heavy atom. The van der Waals surface area contributed by atoms with Crippen LogP contribution in [0.2, 0.25) is 0 Å². The molecule has 0 aromatic carbocycles. The van der Waals surface area contributed by atoms with Gasteiger partial charge in [-0.3, -0.25) is 0 Å². The highest BCUT2D eigenvalue weighted by molar-refractivity contribution is 5.09. The third-order valence-corrected chi connectivity index (χ3v) is 3.68. The highest BCUT2D eigenvalue weighted by atomic mass is 16.3. The quantitative estimate of drug-likeness (QED) is 0.572. The fourth-order valence-electron chi connectivity index (χ4n) is 3.20. The van der Waals surface area contributed by atoms with E-state index in [9.17, 15) is 5.11 Å². The molecule has 3 aliphatic rings. The van der Waals surface area contributed by atoms with Gasteiger partial charge < -0.3 is 10.4 Å². The molecule has 70 valence electrons. The van der Waals surface area contributed by atoms with E-state index in [1.807, 2.05) is 0 Å². The van der Waals surface area contributed by atoms with Crippen molar-refractivity contribution >= 4 is 0 Å². The van der Waals surface area contributed by atoms with Crippen LogP contribution in [0.1, 0.15) is 40.0 Å². The number of nitrogens with one attached hydrogen (secondary N) is 1. The molecule has 1 saturated carbocycles. The highest BCUT2D eigenvalue weighted by Crippen LogP contribution is 2.44. The van der Waals surface area contributed by atoms with Crippen LogP contribution in [-0.4, -0.2) is 22.3 Å². The molecule has 2 N–H and O–H groups in total. The van der Waals surface area contributed by atoms with E-state index in [1.54, 1.807) is 0 Å². The van der Waals surface area contributed by atoms with Crippen LogP contribution in [0.4, 0.5) is 0 Å². The molecule has 0 aromatic rings. The maximum absolute atomic E-state index is 9.86. The lowest BCUT2D eigenvalue weighted by molar-refractivity contribution is -0.0713. The summed E-state index contributed by atoms with van der Waals surface area (Å²) >= 11 is 0. The summed E-state index contributed by atoms with van der Waals surface area (Å²) < 4.78 is 0. The van der Waals surface area contributed by atoms with Crippen LogP contribution in [0.5, 0.6) is 0 Å². The van der Waals surface area contributed by atoms with Gasteiger partial charge in [0.05, 0.1) is 6.10 Å². The van der Waals surface area contributed by atoms with Crippen LogP contribution in [0.25, 0.3) is 0 Å². The van der Waals surface area contributed by atoms with Crippen molar-refractivity contribution in [3.8, 4) is 0 Å². The molecule has 3 unspecified atom stereocenters. The fourth-order valence-corrected chi connectivity index (χ4v) is 3.20. The first-order valence-electron chi connectivity index (χ1n) is 4.90. The third kappa shape index (κ3) is 1.09. The van der Waals surface area contributed by atoms with Crippen LogP contribution < -0.4 is 5.32 Å². The Hall–Kier alpha value is -0.0800. The Bertz CT molecular complexity index is 199. The van der Waals surface area contributed by atoms with E-state index in [2.05, 4.69) is 26.1 Å². The van der Waals surface area contributed by atoms with Gasteiger partial charge in [-0.25, -0.2) is 0 Å². The van der Waals surface area contributed by atoms with Crippen molar-refractivity contribution in [1.29, 1.82) is 0 Å². The molecule has 0 amide bonds. The number of piperidine rings is 2. The topological polar surface area (TPSA) is 32.3 Å². The van der Waals surface area contributed by atoms with Gasteiger partial charge in [0.1, 0.15) is 0 Å². The zero-order valence-corrected chi connectivity index (χ0v) is 8.22. The van der Waals surface area contributed by atoms with Gasteiger partial charge in [-0.15, -0.1) is 0 Å². The summed E-state index contributed by atoms with van der Waals surface area (Å²) in [5.41, 5.74) is 0.322. The molecule has 12 heavy (non-hydrogen) atoms. The van der Waals surface area contributed by atoms with Crippen LogP contribution in [0.3, 0.4) is 0 Å². The van der Waals surface area contributed by atoms with E-state index in [0.717, 1.165) is 6.42 Å². The van der Waals surface area contributed by atoms with Gasteiger partial charge in [0.15, 0.2) is 0 Å². The van der Waals surface area contributed by atoms with Gasteiger partial charge in [-0.05, 0) is 40.0 Å². The van der Waals surface area contributed by atoms with Crippen molar-refractivity contribution in [2.24, 2.45) is 5.92 Å². The standard InChI is InChI=1S/C10H19NO/c1-9(2)7-4-5-10(3,11-9)6-8(7)12/h7-8,11-12H,4-6H2,1-3H3. The van der Waals surface area contributed by atoms with Crippen molar-refractivity contribution in [2.45, 2.75) is 57.2 Å². The largest absolute Gasteiger partial charge is 0.393 e. The van der Waals surface area contributed by atoms with Crippen molar-refractivity contribution in [3.63, 3.8) is 0 Å². The Morgan fingerprint density at radius 2 is 2.00 bits per heavy atom. The average Bonchev–Trinajstić information content (AvgIpc) is 1.80. The monoisotopic (exact) mass is 169 g/mol. The van der Waals surface area contributed by atoms with E-state index in [4.69, 9.17) is 0 Å². The van der Waals surface area contributed by atoms with Gasteiger partial charge in [0.2, 0.25) is 0 Å². The van der Waals surface area contributed by atoms with Crippen LogP contribution in [0.15, 0.2) is 0 Å². The molecule has 2 nitrogen and oxygen atoms in total. The smallest absolute Gasteiger partial charge is 0.0603 e. The van der Waals surface area contributed by atoms with Crippen molar-refractivity contribution < 1.29 is 5.11 Å². The Balaban J connectivity index is 2.28. The average molecular weight is 169 g/mol. The molecule has 1 aliphatic carbocycles. The molecule has 2 saturated heterocycles. The van der Waals surface area contributed by atoms with Crippen molar-refractivity contribution in [3.05, 3.63) is 0 Å². The maximum atomic E-state index is 9.86. The first-order chi connectivity index (χ1) is 5.43. The van der Waals surface area contributed by atoms with Crippen LogP contribution in [0, 0.1) is 5.92 Å². The molecule has 3 rings (SSSR count). The second-order valence-electron chi connectivity index (χ2n) is 5.32. The normalized spacial score (nSPS) is 51.0. The van der Waals surface area contributed by atoms with Gasteiger partial charge in [0, 0.05) is 17.0 Å². The molecule has 3 fully saturated rings. The number of fused-ring (bicyclic) bond motifs is 3. The molecular weight excluding hydrogens is 150 g/mol. The second kappa shape index (κ2) is 2.24. The molecule has 0 spiro atoms. The van der Waals surface area contributed by atoms with E-state index in [-0.39, 0.29) is 17.2 Å². The van der Waals surface area contributed by atoms with Gasteiger partial charge in [-0.2, -0.15) is 0 Å². The van der Waals surface area contributed by atoms with Crippen LogP contribution >= 0.6 is 0 Å². The van der Waals surface area contributed by atoms with E-state index in [0.29, 0.717) is 5.92 Å². The first kappa shape index (κ1) is 8.52. The number of aliphatic hydroxyl groups excluding tert-OH is 1. The minimum atomic E-state index is -0.0833. The summed E-state index contributed by atoms with van der Waals surface area (Å²) in [6.07, 6.45) is 3.25. The lowest BCUT2D eigenvalue weighted by Gasteiger charge is -2.57. The lowest BCUT2D eigenvalue weighted by atomic mass is 9.63. The van der Waals surface area contributed by atoms with E-state index in [1.165, 1.54) is 12.8 Å². The predicted octanol–water partition coefficient (Wildman–Crippen LogP) is 1.29. The zero-order chi connectivity index (χ0) is 8.98. The summed E-state index contributed by atoms with van der Waals surface area (Å²) in [4.78, 5) is 0. The summed E-state index contributed by atoms with van der Waals surface area (Å²) in [6, 6.07) is 0. The molecular formula is C10H19NO. The van der Waals surface area contributed by atoms with E-state index < -0.39 is 0 Å². The summed E-state index contributed by atoms with van der Waals surface area (Å²) in [5.74, 6) is 0.458. The molecule has 2 aliphatic heterocycles. The predicted molar refractivity (Wildman–Crippen MR) is 49.0 cm³/mol. The molecule has 2 heterocycles. The Labute approximate surface area is 74.4 Å². The summed E-state index contributed by atoms with van der Waals surface area (Å²) in [5, 5.41) is 13.5. The zero-order valence-electron chi connectivity index (χ0n) is 8.22. The van der Waals surface area contributed by atoms with Crippen molar-refractivity contribution in [1.82, 2.24) is 5.32 Å². The number of aliphatic hydroxyl groups is 1. The Morgan fingerprint density at radius 3 is 2.42 bits per heavy atom.